The summed E-state index contributed by atoms with van der Waals surface area (Å²) in [4.78, 5) is 6.60. The summed E-state index contributed by atoms with van der Waals surface area (Å²) in [6.07, 6.45) is 1.32. The summed E-state index contributed by atoms with van der Waals surface area (Å²) < 4.78 is 13.3. The highest BCUT2D eigenvalue weighted by Crippen LogP contribution is 2.25. The second-order valence-corrected chi connectivity index (χ2v) is 5.68. The third-order valence-electron chi connectivity index (χ3n) is 3.11. The molecule has 2 rings (SSSR count). The molecule has 1 fully saturated rings. The fourth-order valence-electron chi connectivity index (χ4n) is 2.16. The average Bonchev–Trinajstić information content (AvgIpc) is 2.37. The number of hydrogen-bond donors (Lipinski definition) is 1. The first-order chi connectivity index (χ1) is 8.72. The van der Waals surface area contributed by atoms with Crippen LogP contribution in [0.4, 0.5) is 10.2 Å². The van der Waals surface area contributed by atoms with Gasteiger partial charge in [0.05, 0.1) is 6.20 Å². The highest BCUT2D eigenvalue weighted by molar-refractivity contribution is 7.99. The van der Waals surface area contributed by atoms with E-state index in [4.69, 9.17) is 0 Å². The molecule has 0 saturated carbocycles. The molecule has 0 aromatic carbocycles. The van der Waals surface area contributed by atoms with Crippen molar-refractivity contribution in [3.05, 3.63) is 23.6 Å². The number of halogens is 1. The maximum Gasteiger partial charge on any atom is 0.141 e. The van der Waals surface area contributed by atoms with Crippen LogP contribution in [0.1, 0.15) is 19.4 Å². The molecular formula is C13H20FN3S. The van der Waals surface area contributed by atoms with Crippen LogP contribution in [0, 0.1) is 5.82 Å². The SMILES string of the molecule is CCNCc1cc(F)cnc1N1CCSCC1C. The molecule has 0 amide bonds. The van der Waals surface area contributed by atoms with E-state index in [2.05, 4.69) is 22.1 Å². The molecule has 18 heavy (non-hydrogen) atoms. The lowest BCUT2D eigenvalue weighted by Gasteiger charge is -2.35. The van der Waals surface area contributed by atoms with E-state index in [-0.39, 0.29) is 5.82 Å². The van der Waals surface area contributed by atoms with Crippen molar-refractivity contribution < 1.29 is 4.39 Å². The zero-order valence-corrected chi connectivity index (χ0v) is 11.8. The Morgan fingerprint density at radius 1 is 1.61 bits per heavy atom. The summed E-state index contributed by atoms with van der Waals surface area (Å²) in [7, 11) is 0. The number of rotatable bonds is 4. The van der Waals surface area contributed by atoms with Gasteiger partial charge in [0.15, 0.2) is 0 Å². The van der Waals surface area contributed by atoms with Crippen LogP contribution in [0.25, 0.3) is 0 Å². The van der Waals surface area contributed by atoms with Crippen molar-refractivity contribution >= 4 is 17.6 Å². The number of nitrogens with zero attached hydrogens (tertiary/aromatic N) is 2. The molecule has 0 spiro atoms. The summed E-state index contributed by atoms with van der Waals surface area (Å²) in [5.74, 6) is 2.90. The molecule has 3 nitrogen and oxygen atoms in total. The lowest BCUT2D eigenvalue weighted by atomic mass is 10.2. The Bertz CT molecular complexity index is 400. The molecule has 1 saturated heterocycles. The number of anilines is 1. The average molecular weight is 269 g/mol. The molecule has 2 heterocycles. The van der Waals surface area contributed by atoms with E-state index in [0.717, 1.165) is 36.0 Å². The Labute approximate surface area is 112 Å². The molecule has 1 aromatic rings. The highest BCUT2D eigenvalue weighted by Gasteiger charge is 2.22. The predicted molar refractivity (Wildman–Crippen MR) is 75.7 cm³/mol. The minimum absolute atomic E-state index is 0.259. The fourth-order valence-corrected chi connectivity index (χ4v) is 3.18. The van der Waals surface area contributed by atoms with Crippen molar-refractivity contribution in [1.29, 1.82) is 0 Å². The molecule has 0 radical (unpaired) electrons. The molecule has 1 aromatic heterocycles. The van der Waals surface area contributed by atoms with Crippen molar-refractivity contribution in [2.45, 2.75) is 26.4 Å². The number of hydrogen-bond acceptors (Lipinski definition) is 4. The van der Waals surface area contributed by atoms with E-state index in [1.54, 1.807) is 6.07 Å². The Morgan fingerprint density at radius 2 is 2.44 bits per heavy atom. The van der Waals surface area contributed by atoms with E-state index in [0.29, 0.717) is 12.6 Å². The Kier molecular flexibility index (Phi) is 4.83. The summed E-state index contributed by atoms with van der Waals surface area (Å²) >= 11 is 1.97. The van der Waals surface area contributed by atoms with Gasteiger partial charge in [0.1, 0.15) is 11.6 Å². The molecule has 1 N–H and O–H groups in total. The van der Waals surface area contributed by atoms with Crippen LogP contribution in [-0.2, 0) is 6.54 Å². The van der Waals surface area contributed by atoms with Gasteiger partial charge in [0, 0.05) is 36.2 Å². The quantitative estimate of drug-likeness (QED) is 0.907. The number of nitrogens with one attached hydrogen (secondary N) is 1. The third kappa shape index (κ3) is 3.14. The van der Waals surface area contributed by atoms with Gasteiger partial charge in [0.2, 0.25) is 0 Å². The van der Waals surface area contributed by atoms with Crippen LogP contribution < -0.4 is 10.2 Å². The monoisotopic (exact) mass is 269 g/mol. The van der Waals surface area contributed by atoms with Crippen LogP contribution in [0.15, 0.2) is 12.3 Å². The number of thioether (sulfide) groups is 1. The van der Waals surface area contributed by atoms with Crippen molar-refractivity contribution in [2.75, 3.05) is 29.5 Å². The zero-order valence-electron chi connectivity index (χ0n) is 10.9. The van der Waals surface area contributed by atoms with E-state index in [9.17, 15) is 4.39 Å². The summed E-state index contributed by atoms with van der Waals surface area (Å²) in [5.41, 5.74) is 0.954. The molecule has 100 valence electrons. The van der Waals surface area contributed by atoms with Gasteiger partial charge in [0.25, 0.3) is 0 Å². The van der Waals surface area contributed by atoms with Gasteiger partial charge in [-0.2, -0.15) is 11.8 Å². The third-order valence-corrected chi connectivity index (χ3v) is 4.30. The summed E-state index contributed by atoms with van der Waals surface area (Å²) in [5, 5.41) is 3.25. The van der Waals surface area contributed by atoms with Gasteiger partial charge < -0.3 is 10.2 Å². The van der Waals surface area contributed by atoms with Gasteiger partial charge in [-0.1, -0.05) is 6.92 Å². The summed E-state index contributed by atoms with van der Waals surface area (Å²) in [6, 6.07) is 2.06. The van der Waals surface area contributed by atoms with Crippen molar-refractivity contribution in [2.24, 2.45) is 0 Å². The Balaban J connectivity index is 2.24. The van der Waals surface area contributed by atoms with Crippen LogP contribution >= 0.6 is 11.8 Å². The number of pyridine rings is 1. The second kappa shape index (κ2) is 6.38. The maximum atomic E-state index is 13.3. The first kappa shape index (κ1) is 13.6. The molecule has 1 unspecified atom stereocenters. The number of aromatic nitrogens is 1. The smallest absolute Gasteiger partial charge is 0.141 e. The standard InChI is InChI=1S/C13H20FN3S/c1-3-15-7-11-6-12(14)8-16-13(11)17-4-5-18-9-10(17)2/h6,8,10,15H,3-5,7,9H2,1-2H3. The van der Waals surface area contributed by atoms with Gasteiger partial charge in [-0.3, -0.25) is 0 Å². The highest BCUT2D eigenvalue weighted by atomic mass is 32.2. The van der Waals surface area contributed by atoms with Gasteiger partial charge in [-0.25, -0.2) is 9.37 Å². The molecule has 0 bridgehead atoms. The molecular weight excluding hydrogens is 249 g/mol. The molecule has 1 aliphatic rings. The van der Waals surface area contributed by atoms with E-state index in [1.165, 1.54) is 6.20 Å². The zero-order chi connectivity index (χ0) is 13.0. The fraction of sp³-hybridized carbons (Fsp3) is 0.615. The Hall–Kier alpha value is -0.810. The molecule has 1 atom stereocenters. The predicted octanol–water partition coefficient (Wildman–Crippen LogP) is 2.27. The van der Waals surface area contributed by atoms with Crippen LogP contribution in [-0.4, -0.2) is 35.6 Å². The van der Waals surface area contributed by atoms with Gasteiger partial charge >= 0.3 is 0 Å². The van der Waals surface area contributed by atoms with Crippen molar-refractivity contribution in [1.82, 2.24) is 10.3 Å². The van der Waals surface area contributed by atoms with Gasteiger partial charge in [-0.05, 0) is 19.5 Å². The van der Waals surface area contributed by atoms with E-state index >= 15 is 0 Å². The first-order valence-corrected chi connectivity index (χ1v) is 7.57. The molecule has 1 aliphatic heterocycles. The van der Waals surface area contributed by atoms with Gasteiger partial charge in [-0.15, -0.1) is 0 Å². The largest absolute Gasteiger partial charge is 0.352 e. The first-order valence-electron chi connectivity index (χ1n) is 6.42. The van der Waals surface area contributed by atoms with Crippen LogP contribution in [0.3, 0.4) is 0 Å². The van der Waals surface area contributed by atoms with Crippen LogP contribution in [0.5, 0.6) is 0 Å². The topological polar surface area (TPSA) is 28.2 Å². The lowest BCUT2D eigenvalue weighted by molar-refractivity contribution is 0.608. The summed E-state index contributed by atoms with van der Waals surface area (Å²) in [6.45, 7) is 6.79. The van der Waals surface area contributed by atoms with E-state index in [1.807, 2.05) is 18.7 Å². The molecule has 5 heteroatoms. The Morgan fingerprint density at radius 3 is 3.17 bits per heavy atom. The normalized spacial score (nSPS) is 20.2. The second-order valence-electron chi connectivity index (χ2n) is 4.53. The van der Waals surface area contributed by atoms with Crippen LogP contribution in [0.2, 0.25) is 0 Å². The van der Waals surface area contributed by atoms with Crippen molar-refractivity contribution in [3.63, 3.8) is 0 Å². The maximum absolute atomic E-state index is 13.3. The minimum atomic E-state index is -0.259. The lowest BCUT2D eigenvalue weighted by Crippen LogP contribution is -2.41. The molecule has 0 aliphatic carbocycles. The minimum Gasteiger partial charge on any atom is -0.352 e. The van der Waals surface area contributed by atoms with Crippen molar-refractivity contribution in [3.8, 4) is 0 Å². The van der Waals surface area contributed by atoms with E-state index < -0.39 is 0 Å².